The maximum Gasteiger partial charge on any atom is 1.00 e. The van der Waals surface area contributed by atoms with E-state index in [1.807, 2.05) is 6.92 Å². The van der Waals surface area contributed by atoms with Gasteiger partial charge in [-0.05, 0) is 25.7 Å². The molecule has 0 rings (SSSR count). The van der Waals surface area contributed by atoms with E-state index in [9.17, 15) is 19.8 Å². The van der Waals surface area contributed by atoms with E-state index < -0.39 is 11.9 Å². The largest absolute Gasteiger partial charge is 1.00 e. The molecule has 0 aliphatic rings. The van der Waals surface area contributed by atoms with E-state index in [2.05, 4.69) is 6.92 Å². The Morgan fingerprint density at radius 2 is 0.950 bits per heavy atom. The molecule has 0 bridgehead atoms. The maximum absolute atomic E-state index is 9.92. The summed E-state index contributed by atoms with van der Waals surface area (Å²) in [6.45, 7) is 4.17. The summed E-state index contributed by atoms with van der Waals surface area (Å²) in [6, 6.07) is 0. The van der Waals surface area contributed by atoms with Crippen LogP contribution in [0.3, 0.4) is 0 Å². The molecular formula is C14H26Na2O4. The van der Waals surface area contributed by atoms with E-state index in [0.717, 1.165) is 38.5 Å². The first-order valence-electron chi connectivity index (χ1n) is 6.94. The number of hydrogen-bond donors (Lipinski definition) is 0. The molecule has 0 aliphatic heterocycles. The van der Waals surface area contributed by atoms with Gasteiger partial charge in [-0.1, -0.05) is 52.4 Å². The van der Waals surface area contributed by atoms with Crippen LogP contribution in [-0.2, 0) is 9.59 Å². The van der Waals surface area contributed by atoms with Crippen LogP contribution in [0.5, 0.6) is 0 Å². The van der Waals surface area contributed by atoms with E-state index in [1.165, 1.54) is 12.8 Å². The van der Waals surface area contributed by atoms with Crippen molar-refractivity contribution in [1.29, 1.82) is 0 Å². The number of aliphatic carboxylic acids is 2. The average molecular weight is 304 g/mol. The molecule has 0 N–H and O–H groups in total. The minimum absolute atomic E-state index is 0. The van der Waals surface area contributed by atoms with E-state index in [1.54, 1.807) is 0 Å². The standard InChI is InChI=1S/C8H16O2.C6H12O2.2Na/c1-2-3-4-5-6-7-8(9)10;1-2-3-4-5-6(7)8;;/h2-7H2,1H3,(H,9,10);2-5H2,1H3,(H,7,8);;/q;;2*+1/p-2. The summed E-state index contributed by atoms with van der Waals surface area (Å²) in [5.41, 5.74) is 0. The van der Waals surface area contributed by atoms with Gasteiger partial charge < -0.3 is 19.8 Å². The molecule has 0 aromatic heterocycles. The van der Waals surface area contributed by atoms with Crippen LogP contribution < -0.4 is 69.3 Å². The topological polar surface area (TPSA) is 80.3 Å². The minimum atomic E-state index is -0.932. The second-order valence-corrected chi connectivity index (χ2v) is 4.37. The van der Waals surface area contributed by atoms with Crippen molar-refractivity contribution in [2.24, 2.45) is 0 Å². The number of carboxylic acid groups (broad SMARTS) is 2. The van der Waals surface area contributed by atoms with Gasteiger partial charge in [-0.2, -0.15) is 0 Å². The second kappa shape index (κ2) is 24.9. The number of carboxylic acids is 2. The first kappa shape index (κ1) is 29.0. The molecule has 0 saturated carbocycles. The molecular weight excluding hydrogens is 278 g/mol. The van der Waals surface area contributed by atoms with E-state index in [-0.39, 0.29) is 72.0 Å². The van der Waals surface area contributed by atoms with Gasteiger partial charge in [0.1, 0.15) is 0 Å². The van der Waals surface area contributed by atoms with Gasteiger partial charge in [0.2, 0.25) is 0 Å². The molecule has 0 heterocycles. The van der Waals surface area contributed by atoms with Crippen LogP contribution in [0.1, 0.15) is 78.1 Å². The smallest absolute Gasteiger partial charge is 0.550 e. The van der Waals surface area contributed by atoms with Gasteiger partial charge in [0, 0.05) is 11.9 Å². The van der Waals surface area contributed by atoms with Crippen LogP contribution in [0, 0.1) is 0 Å². The Kier molecular flexibility index (Phi) is 36.2. The number of unbranched alkanes of at least 4 members (excludes halogenated alkanes) is 6. The van der Waals surface area contributed by atoms with Crippen LogP contribution in [0.15, 0.2) is 0 Å². The first-order chi connectivity index (χ1) is 8.54. The summed E-state index contributed by atoms with van der Waals surface area (Å²) in [5, 5.41) is 19.7. The molecule has 0 radical (unpaired) electrons. The summed E-state index contributed by atoms with van der Waals surface area (Å²) in [4.78, 5) is 19.7. The van der Waals surface area contributed by atoms with Crippen LogP contribution in [0.2, 0.25) is 0 Å². The van der Waals surface area contributed by atoms with Crippen LogP contribution >= 0.6 is 0 Å². The van der Waals surface area contributed by atoms with Crippen molar-refractivity contribution in [2.75, 3.05) is 0 Å². The van der Waals surface area contributed by atoms with Gasteiger partial charge in [0.05, 0.1) is 0 Å². The first-order valence-corrected chi connectivity index (χ1v) is 6.94. The summed E-state index contributed by atoms with van der Waals surface area (Å²) in [7, 11) is 0. The predicted octanol–water partition coefficient (Wildman–Crippen LogP) is -4.58. The van der Waals surface area contributed by atoms with Gasteiger partial charge in [0.25, 0.3) is 0 Å². The van der Waals surface area contributed by atoms with Crippen LogP contribution in [-0.4, -0.2) is 11.9 Å². The van der Waals surface area contributed by atoms with Crippen LogP contribution in [0.25, 0.3) is 0 Å². The Balaban J connectivity index is -0.000000119. The third-order valence-electron chi connectivity index (χ3n) is 2.47. The zero-order valence-electron chi connectivity index (χ0n) is 13.7. The van der Waals surface area contributed by atoms with Gasteiger partial charge in [-0.15, -0.1) is 0 Å². The third kappa shape index (κ3) is 36.4. The maximum atomic E-state index is 9.92. The summed E-state index contributed by atoms with van der Waals surface area (Å²) in [6.07, 6.45) is 8.64. The Labute approximate surface area is 167 Å². The van der Waals surface area contributed by atoms with Gasteiger partial charge in [-0.25, -0.2) is 0 Å². The Morgan fingerprint density at radius 3 is 1.30 bits per heavy atom. The molecule has 0 aromatic carbocycles. The predicted molar refractivity (Wildman–Crippen MR) is 67.5 cm³/mol. The molecule has 0 spiro atoms. The SMILES string of the molecule is CCCCCC(=O)[O-].CCCCCCCC(=O)[O-].[Na+].[Na+]. The van der Waals surface area contributed by atoms with Gasteiger partial charge in [0.15, 0.2) is 0 Å². The van der Waals surface area contributed by atoms with Crippen molar-refractivity contribution in [2.45, 2.75) is 78.1 Å². The molecule has 0 amide bonds. The molecule has 0 saturated heterocycles. The molecule has 0 atom stereocenters. The Morgan fingerprint density at radius 1 is 0.650 bits per heavy atom. The van der Waals surface area contributed by atoms with E-state index >= 15 is 0 Å². The fraction of sp³-hybridized carbons (Fsp3) is 0.857. The van der Waals surface area contributed by atoms with E-state index in [0.29, 0.717) is 0 Å². The quantitative estimate of drug-likeness (QED) is 0.301. The summed E-state index contributed by atoms with van der Waals surface area (Å²) < 4.78 is 0. The zero-order chi connectivity index (χ0) is 14.2. The molecule has 6 heteroatoms. The summed E-state index contributed by atoms with van der Waals surface area (Å²) in [5.74, 6) is -1.85. The molecule has 4 nitrogen and oxygen atoms in total. The number of hydrogen-bond acceptors (Lipinski definition) is 4. The van der Waals surface area contributed by atoms with Crippen molar-refractivity contribution < 1.29 is 78.9 Å². The van der Waals surface area contributed by atoms with Gasteiger partial charge in [-0.3, -0.25) is 0 Å². The van der Waals surface area contributed by atoms with Crippen molar-refractivity contribution in [3.8, 4) is 0 Å². The third-order valence-corrected chi connectivity index (χ3v) is 2.47. The molecule has 20 heavy (non-hydrogen) atoms. The zero-order valence-corrected chi connectivity index (χ0v) is 17.7. The monoisotopic (exact) mass is 304 g/mol. The normalized spacial score (nSPS) is 8.50. The summed E-state index contributed by atoms with van der Waals surface area (Å²) >= 11 is 0. The molecule has 0 fully saturated rings. The van der Waals surface area contributed by atoms with Crippen LogP contribution in [0.4, 0.5) is 0 Å². The van der Waals surface area contributed by atoms with Crippen molar-refractivity contribution in [3.63, 3.8) is 0 Å². The minimum Gasteiger partial charge on any atom is -0.550 e. The average Bonchev–Trinajstić information content (AvgIpc) is 2.29. The number of carbonyl (C=O) groups excluding carboxylic acids is 2. The second-order valence-electron chi connectivity index (χ2n) is 4.37. The molecule has 0 unspecified atom stereocenters. The number of rotatable bonds is 10. The fourth-order valence-corrected chi connectivity index (χ4v) is 1.39. The molecule has 0 aromatic rings. The van der Waals surface area contributed by atoms with Crippen molar-refractivity contribution in [1.82, 2.24) is 0 Å². The number of carbonyl (C=O) groups is 2. The molecule has 108 valence electrons. The van der Waals surface area contributed by atoms with E-state index in [4.69, 9.17) is 0 Å². The Bertz CT molecular complexity index is 211. The molecule has 0 aliphatic carbocycles. The fourth-order valence-electron chi connectivity index (χ4n) is 1.39. The van der Waals surface area contributed by atoms with Gasteiger partial charge >= 0.3 is 59.1 Å². The van der Waals surface area contributed by atoms with Crippen molar-refractivity contribution >= 4 is 11.9 Å². The van der Waals surface area contributed by atoms with Crippen molar-refractivity contribution in [3.05, 3.63) is 0 Å². The Hall–Kier alpha value is 0.940.